The number of alkyl halides is 5. The van der Waals surface area contributed by atoms with E-state index < -0.39 is 26.5 Å². The van der Waals surface area contributed by atoms with Crippen LogP contribution in [0.3, 0.4) is 0 Å². The molecule has 0 amide bonds. The van der Waals surface area contributed by atoms with E-state index in [4.69, 9.17) is 0 Å². The van der Waals surface area contributed by atoms with Crippen LogP contribution in [0.15, 0.2) is 0 Å². The molecule has 4 nitrogen and oxygen atoms in total. The van der Waals surface area contributed by atoms with Crippen LogP contribution in [0, 0.1) is 0 Å². The van der Waals surface area contributed by atoms with Crippen LogP contribution < -0.4 is 0 Å². The molecule has 0 fully saturated rings. The molecule has 0 aromatic rings. The smallest absolute Gasteiger partial charge is 0.287 e. The van der Waals surface area contributed by atoms with E-state index in [-0.39, 0.29) is 13.2 Å². The highest BCUT2D eigenvalue weighted by Crippen LogP contribution is 2.51. The lowest BCUT2D eigenvalue weighted by molar-refractivity contribution is -0.291. The van der Waals surface area contributed by atoms with Gasteiger partial charge in [0.15, 0.2) is 0 Å². The summed E-state index contributed by atoms with van der Waals surface area (Å²) in [6.07, 6.45) is -4.69. The minimum absolute atomic E-state index is 0.120. The summed E-state index contributed by atoms with van der Waals surface area (Å²) in [5, 5.41) is 0. The van der Waals surface area contributed by atoms with Crippen LogP contribution in [0.5, 0.6) is 0 Å². The van der Waals surface area contributed by atoms with Gasteiger partial charge >= 0.3 is 19.9 Å². The zero-order valence-electron chi connectivity index (χ0n) is 10.5. The standard InChI is InChI=1S/C9H16F5O4P/c1-3-5-6-17-19(15,16-4-2)18-7-8(10,11)9(12,13)14/h3-7H2,1-2H3. The van der Waals surface area contributed by atoms with E-state index in [1.165, 1.54) is 6.92 Å². The summed E-state index contributed by atoms with van der Waals surface area (Å²) >= 11 is 0. The Morgan fingerprint density at radius 3 is 2.00 bits per heavy atom. The van der Waals surface area contributed by atoms with Crippen molar-refractivity contribution < 1.29 is 40.1 Å². The normalized spacial score (nSPS) is 16.4. The third-order valence-electron chi connectivity index (χ3n) is 1.85. The Bertz CT molecular complexity index is 307. The number of rotatable bonds is 9. The fourth-order valence-electron chi connectivity index (χ4n) is 0.833. The lowest BCUT2D eigenvalue weighted by Crippen LogP contribution is -2.40. The summed E-state index contributed by atoms with van der Waals surface area (Å²) in [5.41, 5.74) is 0. The van der Waals surface area contributed by atoms with Crippen molar-refractivity contribution in [3.05, 3.63) is 0 Å². The number of hydrogen-bond acceptors (Lipinski definition) is 4. The molecule has 0 rings (SSSR count). The average molecular weight is 314 g/mol. The fraction of sp³-hybridized carbons (Fsp3) is 1.00. The Hall–Kier alpha value is -0.240. The number of halogens is 5. The van der Waals surface area contributed by atoms with Crippen molar-refractivity contribution >= 4 is 7.82 Å². The van der Waals surface area contributed by atoms with Crippen LogP contribution >= 0.6 is 7.82 Å². The van der Waals surface area contributed by atoms with Gasteiger partial charge in [0.25, 0.3) is 0 Å². The van der Waals surface area contributed by atoms with Crippen molar-refractivity contribution in [1.29, 1.82) is 0 Å². The fourth-order valence-corrected chi connectivity index (χ4v) is 2.05. The lowest BCUT2D eigenvalue weighted by atomic mass is 10.3. The quantitative estimate of drug-likeness (QED) is 0.364. The van der Waals surface area contributed by atoms with Gasteiger partial charge in [0.2, 0.25) is 0 Å². The van der Waals surface area contributed by atoms with Crippen molar-refractivity contribution in [2.75, 3.05) is 19.8 Å². The third kappa shape index (κ3) is 6.65. The zero-order chi connectivity index (χ0) is 15.2. The minimum Gasteiger partial charge on any atom is -0.287 e. The Labute approximate surface area is 107 Å². The molecular formula is C9H16F5O4P. The summed E-state index contributed by atoms with van der Waals surface area (Å²) in [4.78, 5) is 0. The van der Waals surface area contributed by atoms with E-state index in [9.17, 15) is 26.5 Å². The summed E-state index contributed by atoms with van der Waals surface area (Å²) in [6, 6.07) is 0. The molecule has 0 N–H and O–H groups in total. The van der Waals surface area contributed by atoms with E-state index >= 15 is 0 Å². The molecule has 1 atom stereocenters. The van der Waals surface area contributed by atoms with Gasteiger partial charge in [-0.2, -0.15) is 22.0 Å². The maximum absolute atomic E-state index is 12.6. The monoisotopic (exact) mass is 314 g/mol. The van der Waals surface area contributed by atoms with Crippen LogP contribution in [0.4, 0.5) is 22.0 Å². The predicted octanol–water partition coefficient (Wildman–Crippen LogP) is 4.16. The van der Waals surface area contributed by atoms with E-state index in [1.54, 1.807) is 6.92 Å². The molecule has 0 saturated carbocycles. The second kappa shape index (κ2) is 7.52. The molecule has 0 heterocycles. The second-order valence-corrected chi connectivity index (χ2v) is 5.20. The topological polar surface area (TPSA) is 44.8 Å². The molecular weight excluding hydrogens is 298 g/mol. The van der Waals surface area contributed by atoms with Gasteiger partial charge in [-0.15, -0.1) is 0 Å². The van der Waals surface area contributed by atoms with Crippen LogP contribution in [0.1, 0.15) is 26.7 Å². The summed E-state index contributed by atoms with van der Waals surface area (Å²) in [5.74, 6) is -5.12. The maximum atomic E-state index is 12.6. The van der Waals surface area contributed by atoms with Crippen LogP contribution in [-0.2, 0) is 18.1 Å². The van der Waals surface area contributed by atoms with Gasteiger partial charge in [0.1, 0.15) is 6.61 Å². The molecule has 0 spiro atoms. The Balaban J connectivity index is 4.54. The van der Waals surface area contributed by atoms with Crippen molar-refractivity contribution in [3.63, 3.8) is 0 Å². The lowest BCUT2D eigenvalue weighted by Gasteiger charge is -2.22. The van der Waals surface area contributed by atoms with Crippen molar-refractivity contribution in [1.82, 2.24) is 0 Å². The van der Waals surface area contributed by atoms with Crippen LogP contribution in [-0.4, -0.2) is 31.9 Å². The number of phosphoric ester groups is 1. The zero-order valence-corrected chi connectivity index (χ0v) is 11.4. The molecule has 0 aliphatic rings. The Morgan fingerprint density at radius 1 is 1.00 bits per heavy atom. The first kappa shape index (κ1) is 18.8. The molecule has 0 radical (unpaired) electrons. The molecule has 1 unspecified atom stereocenters. The molecule has 10 heteroatoms. The van der Waals surface area contributed by atoms with Crippen LogP contribution in [0.2, 0.25) is 0 Å². The maximum Gasteiger partial charge on any atom is 0.474 e. The highest BCUT2D eigenvalue weighted by atomic mass is 31.2. The average Bonchev–Trinajstić information content (AvgIpc) is 2.26. The van der Waals surface area contributed by atoms with Gasteiger partial charge in [0.05, 0.1) is 13.2 Å². The minimum atomic E-state index is -5.78. The molecule has 19 heavy (non-hydrogen) atoms. The van der Waals surface area contributed by atoms with E-state index in [0.29, 0.717) is 12.8 Å². The van der Waals surface area contributed by atoms with Gasteiger partial charge in [-0.05, 0) is 13.3 Å². The summed E-state index contributed by atoms with van der Waals surface area (Å²) in [6.45, 7) is 0.723. The number of phosphoric acid groups is 1. The van der Waals surface area contributed by atoms with Gasteiger partial charge in [0, 0.05) is 0 Å². The molecule has 0 aromatic heterocycles. The Kier molecular flexibility index (Phi) is 7.42. The highest BCUT2D eigenvalue weighted by Gasteiger charge is 2.58. The van der Waals surface area contributed by atoms with Gasteiger partial charge in [-0.25, -0.2) is 4.57 Å². The Morgan fingerprint density at radius 2 is 1.58 bits per heavy atom. The largest absolute Gasteiger partial charge is 0.474 e. The van der Waals surface area contributed by atoms with Gasteiger partial charge in [-0.3, -0.25) is 13.6 Å². The first-order chi connectivity index (χ1) is 8.58. The SMILES string of the molecule is CCCCOP(=O)(OCC)OCC(F)(F)C(F)(F)F. The molecule has 116 valence electrons. The third-order valence-corrected chi connectivity index (χ3v) is 3.37. The van der Waals surface area contributed by atoms with Crippen molar-refractivity contribution in [2.45, 2.75) is 38.8 Å². The summed E-state index contributed by atoms with van der Waals surface area (Å²) < 4.78 is 85.8. The van der Waals surface area contributed by atoms with Crippen molar-refractivity contribution in [3.8, 4) is 0 Å². The first-order valence-corrected chi connectivity index (χ1v) is 7.02. The van der Waals surface area contributed by atoms with Gasteiger partial charge in [-0.1, -0.05) is 13.3 Å². The molecule has 0 bridgehead atoms. The molecule has 0 aromatic carbocycles. The van der Waals surface area contributed by atoms with E-state index in [1.807, 2.05) is 0 Å². The van der Waals surface area contributed by atoms with Crippen molar-refractivity contribution in [2.24, 2.45) is 0 Å². The predicted molar refractivity (Wildman–Crippen MR) is 57.0 cm³/mol. The molecule has 0 saturated heterocycles. The van der Waals surface area contributed by atoms with E-state index in [2.05, 4.69) is 13.6 Å². The molecule has 0 aliphatic carbocycles. The molecule has 0 aliphatic heterocycles. The summed E-state index contributed by atoms with van der Waals surface area (Å²) in [7, 11) is -4.40. The number of hydrogen-bond donors (Lipinski definition) is 0. The highest BCUT2D eigenvalue weighted by molar-refractivity contribution is 7.48. The second-order valence-electron chi connectivity index (χ2n) is 3.53. The van der Waals surface area contributed by atoms with Crippen LogP contribution in [0.25, 0.3) is 0 Å². The first-order valence-electron chi connectivity index (χ1n) is 5.56. The van der Waals surface area contributed by atoms with E-state index in [0.717, 1.165) is 0 Å². The number of unbranched alkanes of at least 4 members (excludes halogenated alkanes) is 1. The van der Waals surface area contributed by atoms with Gasteiger partial charge < -0.3 is 0 Å².